The van der Waals surface area contributed by atoms with Gasteiger partial charge in [-0.3, -0.25) is 9.59 Å². The number of fused-ring (bicyclic) bond motifs is 1. The van der Waals surface area contributed by atoms with E-state index >= 15 is 0 Å². The van der Waals surface area contributed by atoms with E-state index in [0.717, 1.165) is 23.5 Å². The van der Waals surface area contributed by atoms with Crippen molar-refractivity contribution in [3.63, 3.8) is 0 Å². The topological polar surface area (TPSA) is 132 Å². The first-order valence-electron chi connectivity index (χ1n) is 9.28. The molecule has 3 aromatic rings. The SMILES string of the molecule is CCOC(=O)c1ccc2nc(NC(=O)CS(=O)(=O)CC(=O)Nc3ccc(F)cc3)sc2c1. The van der Waals surface area contributed by atoms with Crippen LogP contribution in [0.2, 0.25) is 0 Å². The molecular weight excluding hydrogens is 461 g/mol. The third-order valence-corrected chi connectivity index (χ3v) is 6.31. The minimum absolute atomic E-state index is 0.150. The Morgan fingerprint density at radius 2 is 1.69 bits per heavy atom. The number of sulfone groups is 1. The molecule has 1 heterocycles. The maximum Gasteiger partial charge on any atom is 0.338 e. The summed E-state index contributed by atoms with van der Waals surface area (Å²) in [5.74, 6) is -4.54. The number of thiazole rings is 1. The van der Waals surface area contributed by atoms with Crippen LogP contribution in [-0.4, -0.2) is 49.3 Å². The number of carbonyl (C=O) groups is 3. The Hall–Kier alpha value is -3.38. The summed E-state index contributed by atoms with van der Waals surface area (Å²) in [6.45, 7) is 1.93. The highest BCUT2D eigenvalue weighted by Crippen LogP contribution is 2.27. The van der Waals surface area contributed by atoms with Gasteiger partial charge < -0.3 is 15.4 Å². The molecule has 32 heavy (non-hydrogen) atoms. The van der Waals surface area contributed by atoms with E-state index in [1.54, 1.807) is 19.1 Å². The Labute approximate surface area is 186 Å². The summed E-state index contributed by atoms with van der Waals surface area (Å²) in [5.41, 5.74) is 1.07. The summed E-state index contributed by atoms with van der Waals surface area (Å²) < 4.78 is 42.8. The van der Waals surface area contributed by atoms with Crippen molar-refractivity contribution >= 4 is 60.0 Å². The number of nitrogens with one attached hydrogen (secondary N) is 2. The number of ether oxygens (including phenoxy) is 1. The first kappa shape index (κ1) is 23.3. The predicted octanol–water partition coefficient (Wildman–Crippen LogP) is 2.60. The van der Waals surface area contributed by atoms with Gasteiger partial charge in [0, 0.05) is 5.69 Å². The molecule has 168 valence electrons. The summed E-state index contributed by atoms with van der Waals surface area (Å²) in [5, 5.41) is 4.86. The molecule has 0 atom stereocenters. The molecule has 0 aliphatic heterocycles. The number of amides is 2. The van der Waals surface area contributed by atoms with E-state index in [9.17, 15) is 27.2 Å². The molecule has 0 bridgehead atoms. The van der Waals surface area contributed by atoms with Crippen molar-refractivity contribution in [1.82, 2.24) is 4.98 Å². The third-order valence-electron chi connectivity index (χ3n) is 3.98. The van der Waals surface area contributed by atoms with Crippen LogP contribution >= 0.6 is 11.3 Å². The van der Waals surface area contributed by atoms with E-state index in [1.165, 1.54) is 18.2 Å². The van der Waals surface area contributed by atoms with Crippen LogP contribution in [-0.2, 0) is 24.2 Å². The second-order valence-electron chi connectivity index (χ2n) is 6.56. The van der Waals surface area contributed by atoms with E-state index in [0.29, 0.717) is 15.8 Å². The van der Waals surface area contributed by atoms with Crippen LogP contribution in [0.3, 0.4) is 0 Å². The standard InChI is InChI=1S/C20H18FN3O6S2/c1-2-30-19(27)12-3-8-15-16(9-12)31-20(23-15)24-18(26)11-32(28,29)10-17(25)22-14-6-4-13(21)5-7-14/h3-9H,2,10-11H2,1H3,(H,22,25)(H,23,24,26). The summed E-state index contributed by atoms with van der Waals surface area (Å²) >= 11 is 1.06. The maximum atomic E-state index is 12.9. The average Bonchev–Trinajstić information content (AvgIpc) is 3.10. The molecular formula is C20H18FN3O6S2. The van der Waals surface area contributed by atoms with Gasteiger partial charge in [-0.1, -0.05) is 11.3 Å². The molecule has 1 aromatic heterocycles. The number of anilines is 2. The maximum absolute atomic E-state index is 12.9. The second kappa shape index (κ2) is 9.83. The normalized spacial score (nSPS) is 11.2. The van der Waals surface area contributed by atoms with Gasteiger partial charge in [-0.25, -0.2) is 22.6 Å². The Morgan fingerprint density at radius 1 is 1.03 bits per heavy atom. The van der Waals surface area contributed by atoms with E-state index < -0.39 is 44.9 Å². The van der Waals surface area contributed by atoms with Crippen LogP contribution in [0.15, 0.2) is 42.5 Å². The monoisotopic (exact) mass is 479 g/mol. The van der Waals surface area contributed by atoms with Crippen molar-refractivity contribution in [3.05, 3.63) is 53.8 Å². The highest BCUT2D eigenvalue weighted by atomic mass is 32.2. The number of hydrogen-bond acceptors (Lipinski definition) is 8. The zero-order valence-corrected chi connectivity index (χ0v) is 18.4. The Morgan fingerprint density at radius 3 is 2.34 bits per heavy atom. The fourth-order valence-corrected chi connectivity index (χ4v) is 4.62. The van der Waals surface area contributed by atoms with Crippen LogP contribution < -0.4 is 10.6 Å². The number of carbonyl (C=O) groups excluding carboxylic acids is 3. The minimum atomic E-state index is -4.07. The molecule has 0 saturated heterocycles. The average molecular weight is 480 g/mol. The van der Waals surface area contributed by atoms with Crippen molar-refractivity contribution < 1.29 is 31.9 Å². The van der Waals surface area contributed by atoms with Crippen LogP contribution in [0, 0.1) is 5.82 Å². The molecule has 2 aromatic carbocycles. The van der Waals surface area contributed by atoms with Gasteiger partial charge in [0.15, 0.2) is 15.0 Å². The lowest BCUT2D eigenvalue weighted by Crippen LogP contribution is -2.30. The second-order valence-corrected chi connectivity index (χ2v) is 9.65. The van der Waals surface area contributed by atoms with Gasteiger partial charge in [0.25, 0.3) is 0 Å². The van der Waals surface area contributed by atoms with Crippen molar-refractivity contribution in [1.29, 1.82) is 0 Å². The number of hydrogen-bond donors (Lipinski definition) is 2. The molecule has 2 amide bonds. The molecule has 0 aliphatic rings. The van der Waals surface area contributed by atoms with Crippen molar-refractivity contribution in [3.8, 4) is 0 Å². The van der Waals surface area contributed by atoms with Gasteiger partial charge in [0.05, 0.1) is 22.4 Å². The van der Waals surface area contributed by atoms with Crippen molar-refractivity contribution in [2.24, 2.45) is 0 Å². The lowest BCUT2D eigenvalue weighted by molar-refractivity contribution is -0.114. The van der Waals surface area contributed by atoms with Crippen LogP contribution in [0.5, 0.6) is 0 Å². The molecule has 0 radical (unpaired) electrons. The number of benzene rings is 2. The zero-order valence-electron chi connectivity index (χ0n) is 16.8. The van der Waals surface area contributed by atoms with Gasteiger partial charge in [0.1, 0.15) is 17.3 Å². The lowest BCUT2D eigenvalue weighted by Gasteiger charge is -2.06. The van der Waals surface area contributed by atoms with E-state index in [4.69, 9.17) is 4.74 Å². The largest absolute Gasteiger partial charge is 0.462 e. The van der Waals surface area contributed by atoms with E-state index in [2.05, 4.69) is 15.6 Å². The molecule has 2 N–H and O–H groups in total. The molecule has 12 heteroatoms. The molecule has 9 nitrogen and oxygen atoms in total. The highest BCUT2D eigenvalue weighted by Gasteiger charge is 2.22. The Balaban J connectivity index is 1.60. The van der Waals surface area contributed by atoms with E-state index in [1.807, 2.05) is 0 Å². The molecule has 0 unspecified atom stereocenters. The third kappa shape index (κ3) is 6.31. The first-order chi connectivity index (χ1) is 15.1. The van der Waals surface area contributed by atoms with Gasteiger partial charge >= 0.3 is 5.97 Å². The Bertz CT molecular complexity index is 1270. The van der Waals surface area contributed by atoms with Crippen molar-refractivity contribution in [2.45, 2.75) is 6.92 Å². The molecule has 0 spiro atoms. The Kier molecular flexibility index (Phi) is 7.15. The molecule has 3 rings (SSSR count). The quantitative estimate of drug-likeness (QED) is 0.475. The van der Waals surface area contributed by atoms with Gasteiger partial charge in [-0.15, -0.1) is 0 Å². The highest BCUT2D eigenvalue weighted by molar-refractivity contribution is 7.92. The van der Waals surface area contributed by atoms with Crippen molar-refractivity contribution in [2.75, 3.05) is 28.7 Å². The fraction of sp³-hybridized carbons (Fsp3) is 0.200. The van der Waals surface area contributed by atoms with Gasteiger partial charge in [0.2, 0.25) is 11.8 Å². The number of aromatic nitrogens is 1. The number of halogens is 1. The van der Waals surface area contributed by atoms with Crippen LogP contribution in [0.4, 0.5) is 15.2 Å². The predicted molar refractivity (Wildman–Crippen MR) is 118 cm³/mol. The van der Waals surface area contributed by atoms with Crippen LogP contribution in [0.25, 0.3) is 10.2 Å². The molecule has 0 fully saturated rings. The first-order valence-corrected chi connectivity index (χ1v) is 11.9. The van der Waals surface area contributed by atoms with Gasteiger partial charge in [-0.05, 0) is 49.4 Å². The molecule has 0 saturated carbocycles. The summed E-state index contributed by atoms with van der Waals surface area (Å²) in [6.07, 6.45) is 0. The number of rotatable bonds is 8. The lowest BCUT2D eigenvalue weighted by atomic mass is 10.2. The molecule has 0 aliphatic carbocycles. The summed E-state index contributed by atoms with van der Waals surface area (Å²) in [4.78, 5) is 40.1. The van der Waals surface area contributed by atoms with E-state index in [-0.39, 0.29) is 17.4 Å². The fourth-order valence-electron chi connectivity index (χ4n) is 2.66. The summed E-state index contributed by atoms with van der Waals surface area (Å²) in [6, 6.07) is 9.49. The smallest absolute Gasteiger partial charge is 0.338 e. The minimum Gasteiger partial charge on any atom is -0.462 e. The zero-order chi connectivity index (χ0) is 23.3. The number of esters is 1. The summed E-state index contributed by atoms with van der Waals surface area (Å²) in [7, 11) is -4.07. The van der Waals surface area contributed by atoms with Gasteiger partial charge in [-0.2, -0.15) is 0 Å². The number of nitrogens with zero attached hydrogens (tertiary/aromatic N) is 1. The van der Waals surface area contributed by atoms with Crippen LogP contribution in [0.1, 0.15) is 17.3 Å².